The van der Waals surface area contributed by atoms with Crippen LogP contribution < -0.4 is 5.11 Å². The van der Waals surface area contributed by atoms with E-state index in [2.05, 4.69) is 25.6 Å². The van der Waals surface area contributed by atoms with E-state index in [9.17, 15) is 5.11 Å². The van der Waals surface area contributed by atoms with Gasteiger partial charge in [-0.05, 0) is 28.8 Å². The van der Waals surface area contributed by atoms with E-state index in [1.54, 1.807) is 30.3 Å². The number of aromatic amines is 1. The van der Waals surface area contributed by atoms with E-state index in [0.717, 1.165) is 5.56 Å². The van der Waals surface area contributed by atoms with Gasteiger partial charge in [-0.15, -0.1) is 5.10 Å². The van der Waals surface area contributed by atoms with Crippen LogP contribution in [0.5, 0.6) is 0 Å². The predicted molar refractivity (Wildman–Crippen MR) is 61.8 cm³/mol. The Hall–Kier alpha value is -2.21. The summed E-state index contributed by atoms with van der Waals surface area (Å²) in [5, 5.41) is 24.5. The van der Waals surface area contributed by atoms with Gasteiger partial charge in [0.2, 0.25) is 0 Å². The van der Waals surface area contributed by atoms with Crippen molar-refractivity contribution in [3.05, 3.63) is 40.9 Å². The summed E-state index contributed by atoms with van der Waals surface area (Å²) >= 11 is 5.73. The first kappa shape index (κ1) is 11.3. The maximum Gasteiger partial charge on any atom is 0.288 e. The Morgan fingerprint density at radius 3 is 2.76 bits per heavy atom. The highest BCUT2D eigenvalue weighted by Gasteiger charge is 1.91. The molecule has 0 bridgehead atoms. The monoisotopic (exact) mass is 248 g/mol. The molecule has 1 N–H and O–H groups in total. The second kappa shape index (κ2) is 5.22. The van der Waals surface area contributed by atoms with Crippen molar-refractivity contribution < 1.29 is 5.11 Å². The normalized spacial score (nSPS) is 12.2. The number of nitrogens with one attached hydrogen (secondary N) is 1. The van der Waals surface area contributed by atoms with Crippen molar-refractivity contribution in [2.45, 2.75) is 0 Å². The highest BCUT2D eigenvalue weighted by atomic mass is 35.5. The number of benzene rings is 1. The molecule has 6 nitrogen and oxygen atoms in total. The molecule has 7 heteroatoms. The number of hydrogen-bond donors (Lipinski definition) is 1. The van der Waals surface area contributed by atoms with Crippen molar-refractivity contribution in [3.63, 3.8) is 0 Å². The molecule has 0 fully saturated rings. The summed E-state index contributed by atoms with van der Waals surface area (Å²) in [7, 11) is 0. The summed E-state index contributed by atoms with van der Waals surface area (Å²) in [4.78, 5) is 3.58. The Morgan fingerprint density at radius 1 is 1.35 bits per heavy atom. The van der Waals surface area contributed by atoms with Crippen LogP contribution in [0.2, 0.25) is 5.02 Å². The molecule has 0 spiro atoms. The van der Waals surface area contributed by atoms with E-state index < -0.39 is 5.90 Å². The molecule has 2 rings (SSSR count). The number of tetrazole rings is 1. The first-order valence-corrected chi connectivity index (χ1v) is 5.04. The van der Waals surface area contributed by atoms with Crippen molar-refractivity contribution >= 4 is 29.5 Å². The summed E-state index contributed by atoms with van der Waals surface area (Å²) < 4.78 is 0. The van der Waals surface area contributed by atoms with Gasteiger partial charge in [-0.2, -0.15) is 5.21 Å². The van der Waals surface area contributed by atoms with Crippen molar-refractivity contribution in [2.24, 2.45) is 4.99 Å². The van der Waals surface area contributed by atoms with E-state index in [4.69, 9.17) is 11.6 Å². The zero-order chi connectivity index (χ0) is 12.1. The maximum atomic E-state index is 11.3. The average Bonchev–Trinajstić information content (AvgIpc) is 2.81. The Morgan fingerprint density at radius 2 is 2.12 bits per heavy atom. The number of halogens is 1. The third-order valence-corrected chi connectivity index (χ3v) is 2.08. The lowest BCUT2D eigenvalue weighted by Crippen LogP contribution is -2.13. The zero-order valence-electron chi connectivity index (χ0n) is 8.54. The number of rotatable bonds is 3. The van der Waals surface area contributed by atoms with Crippen molar-refractivity contribution in [2.75, 3.05) is 0 Å². The van der Waals surface area contributed by atoms with Gasteiger partial charge in [0.1, 0.15) is 0 Å². The number of nitrogens with zero attached hydrogens (tertiary/aromatic N) is 4. The Balaban J connectivity index is 2.08. The molecule has 1 aromatic heterocycles. The van der Waals surface area contributed by atoms with E-state index in [0.29, 0.717) is 5.02 Å². The van der Waals surface area contributed by atoms with E-state index in [1.165, 1.54) is 6.08 Å². The number of hydrogen-bond acceptors (Lipinski definition) is 5. The second-order valence-electron chi connectivity index (χ2n) is 3.05. The van der Waals surface area contributed by atoms with Crippen LogP contribution >= 0.6 is 11.6 Å². The smallest absolute Gasteiger partial charge is 0.288 e. The average molecular weight is 249 g/mol. The van der Waals surface area contributed by atoms with Gasteiger partial charge in [0.05, 0.1) is 0 Å². The molecule has 1 aromatic carbocycles. The zero-order valence-corrected chi connectivity index (χ0v) is 9.30. The Labute approximate surface area is 102 Å². The standard InChI is InChI=1S/C10H8ClN5O/c11-8-4-1-7(2-5-8)3-6-9(17)12-10-13-15-16-14-10/h1-6H,(H2,12,13,14,15,16,17)/p-1/b6-3+. The lowest BCUT2D eigenvalue weighted by molar-refractivity contribution is -0.211. The van der Waals surface area contributed by atoms with Crippen LogP contribution in [-0.2, 0) is 0 Å². The van der Waals surface area contributed by atoms with Crippen LogP contribution in [0.1, 0.15) is 5.56 Å². The number of aliphatic imine (C=N–C) groups is 1. The summed E-state index contributed by atoms with van der Waals surface area (Å²) in [5.74, 6) is -0.447. The van der Waals surface area contributed by atoms with Crippen molar-refractivity contribution in [3.8, 4) is 0 Å². The lowest BCUT2D eigenvalue weighted by atomic mass is 10.2. The number of aromatic nitrogens is 4. The first-order valence-electron chi connectivity index (χ1n) is 4.67. The first-order chi connectivity index (χ1) is 8.24. The predicted octanol–water partition coefficient (Wildman–Crippen LogP) is 0.957. The van der Waals surface area contributed by atoms with Crippen LogP contribution in [0.15, 0.2) is 35.3 Å². The van der Waals surface area contributed by atoms with E-state index in [1.807, 2.05) is 0 Å². The minimum Gasteiger partial charge on any atom is -0.859 e. The molecule has 0 unspecified atom stereocenters. The quantitative estimate of drug-likeness (QED) is 0.647. The van der Waals surface area contributed by atoms with Gasteiger partial charge in [-0.25, -0.2) is 4.99 Å². The minimum atomic E-state index is -0.457. The molecule has 0 amide bonds. The molecule has 2 aromatic rings. The molecule has 17 heavy (non-hydrogen) atoms. The maximum absolute atomic E-state index is 11.3. The van der Waals surface area contributed by atoms with Gasteiger partial charge >= 0.3 is 0 Å². The fraction of sp³-hybridized carbons (Fsp3) is 0. The van der Waals surface area contributed by atoms with Crippen LogP contribution in [0.25, 0.3) is 6.08 Å². The van der Waals surface area contributed by atoms with Crippen LogP contribution in [0, 0.1) is 0 Å². The second-order valence-corrected chi connectivity index (χ2v) is 3.48. The molecule has 0 saturated heterocycles. The van der Waals surface area contributed by atoms with Gasteiger partial charge in [0, 0.05) is 5.02 Å². The molecule has 0 aliphatic carbocycles. The SMILES string of the molecule is [O-]C(/C=C/c1ccc(Cl)cc1)=Nc1nn[nH]n1. The van der Waals surface area contributed by atoms with Crippen molar-refractivity contribution in [1.29, 1.82) is 0 Å². The number of H-pyrrole nitrogens is 1. The van der Waals surface area contributed by atoms with E-state index in [-0.39, 0.29) is 5.95 Å². The third kappa shape index (κ3) is 3.39. The van der Waals surface area contributed by atoms with Crippen LogP contribution in [0.3, 0.4) is 0 Å². The van der Waals surface area contributed by atoms with Gasteiger partial charge < -0.3 is 5.11 Å². The van der Waals surface area contributed by atoms with E-state index >= 15 is 0 Å². The molecule has 0 radical (unpaired) electrons. The van der Waals surface area contributed by atoms with Crippen molar-refractivity contribution in [1.82, 2.24) is 20.6 Å². The molecular formula is C10H7ClN5O-. The Kier molecular flexibility index (Phi) is 3.46. The fourth-order valence-corrected chi connectivity index (χ4v) is 1.21. The van der Waals surface area contributed by atoms with Gasteiger partial charge in [0.25, 0.3) is 5.95 Å². The van der Waals surface area contributed by atoms with Crippen LogP contribution in [0.4, 0.5) is 5.95 Å². The Bertz CT molecular complexity index is 532. The summed E-state index contributed by atoms with van der Waals surface area (Å²) in [5.41, 5.74) is 0.853. The highest BCUT2D eigenvalue weighted by molar-refractivity contribution is 6.30. The highest BCUT2D eigenvalue weighted by Crippen LogP contribution is 2.10. The lowest BCUT2D eigenvalue weighted by Gasteiger charge is -2.01. The third-order valence-electron chi connectivity index (χ3n) is 1.83. The van der Waals surface area contributed by atoms with Gasteiger partial charge in [-0.3, -0.25) is 0 Å². The molecule has 0 aliphatic rings. The summed E-state index contributed by atoms with van der Waals surface area (Å²) in [6.45, 7) is 0. The van der Waals surface area contributed by atoms with Crippen LogP contribution in [-0.4, -0.2) is 26.5 Å². The fourth-order valence-electron chi connectivity index (χ4n) is 1.08. The molecule has 86 valence electrons. The largest absolute Gasteiger partial charge is 0.859 e. The molecule has 0 atom stereocenters. The molecule has 0 saturated carbocycles. The van der Waals surface area contributed by atoms with Gasteiger partial charge in [0.15, 0.2) is 0 Å². The summed E-state index contributed by atoms with van der Waals surface area (Å²) in [6.07, 6.45) is 2.95. The topological polar surface area (TPSA) is 89.9 Å². The molecular weight excluding hydrogens is 242 g/mol. The van der Waals surface area contributed by atoms with Gasteiger partial charge in [-0.1, -0.05) is 41.0 Å². The minimum absolute atomic E-state index is 0.00996. The summed E-state index contributed by atoms with van der Waals surface area (Å²) in [6, 6.07) is 7.06. The molecule has 1 heterocycles. The molecule has 0 aliphatic heterocycles.